The second-order valence-corrected chi connectivity index (χ2v) is 7.11. The van der Waals surface area contributed by atoms with Crippen LogP contribution < -0.4 is 5.32 Å². The van der Waals surface area contributed by atoms with Crippen LogP contribution in [0.1, 0.15) is 42.9 Å². The van der Waals surface area contributed by atoms with Gasteiger partial charge in [-0.3, -0.25) is 5.32 Å². The molecule has 1 fully saturated rings. The van der Waals surface area contributed by atoms with Crippen LogP contribution >= 0.6 is 11.3 Å². The van der Waals surface area contributed by atoms with Gasteiger partial charge in [0.1, 0.15) is 0 Å². The number of aryl methyl sites for hydroxylation is 1. The van der Waals surface area contributed by atoms with Crippen molar-refractivity contribution >= 4 is 22.5 Å². The lowest BCUT2D eigenvalue weighted by Crippen LogP contribution is -2.41. The summed E-state index contributed by atoms with van der Waals surface area (Å²) in [7, 11) is 1.89. The van der Waals surface area contributed by atoms with E-state index in [2.05, 4.69) is 40.6 Å². The minimum absolute atomic E-state index is 0.0532. The zero-order chi connectivity index (χ0) is 16.2. The first kappa shape index (κ1) is 16.0. The van der Waals surface area contributed by atoms with E-state index in [0.29, 0.717) is 17.1 Å². The number of amides is 2. The van der Waals surface area contributed by atoms with Crippen molar-refractivity contribution in [3.05, 3.63) is 47.0 Å². The van der Waals surface area contributed by atoms with Crippen LogP contribution in [0.15, 0.2) is 35.7 Å². The van der Waals surface area contributed by atoms with Crippen molar-refractivity contribution in [1.82, 2.24) is 9.88 Å². The number of thiazole rings is 1. The fourth-order valence-corrected chi connectivity index (χ4v) is 3.96. The summed E-state index contributed by atoms with van der Waals surface area (Å²) in [5, 5.41) is 5.52. The largest absolute Gasteiger partial charge is 0.325 e. The van der Waals surface area contributed by atoms with Crippen molar-refractivity contribution < 1.29 is 4.79 Å². The molecule has 1 aromatic heterocycles. The number of hydrogen-bond donors (Lipinski definition) is 1. The van der Waals surface area contributed by atoms with Crippen molar-refractivity contribution in [1.29, 1.82) is 0 Å². The molecular formula is C18H23N3OS. The maximum atomic E-state index is 12.4. The normalized spacial score (nSPS) is 21.0. The van der Waals surface area contributed by atoms with Crippen molar-refractivity contribution in [2.24, 2.45) is 0 Å². The average Bonchev–Trinajstić information content (AvgIpc) is 3.00. The van der Waals surface area contributed by atoms with Gasteiger partial charge in [-0.1, -0.05) is 30.3 Å². The van der Waals surface area contributed by atoms with Crippen molar-refractivity contribution in [2.45, 2.75) is 44.6 Å². The Morgan fingerprint density at radius 3 is 2.52 bits per heavy atom. The molecule has 1 aliphatic rings. The first-order chi connectivity index (χ1) is 11.1. The van der Waals surface area contributed by atoms with Crippen LogP contribution in [0.4, 0.5) is 9.93 Å². The zero-order valence-electron chi connectivity index (χ0n) is 13.7. The van der Waals surface area contributed by atoms with Gasteiger partial charge >= 0.3 is 6.03 Å². The van der Waals surface area contributed by atoms with Crippen LogP contribution in [-0.2, 0) is 0 Å². The fourth-order valence-electron chi connectivity index (χ4n) is 3.28. The summed E-state index contributed by atoms with van der Waals surface area (Å²) in [4.78, 5) is 18.5. The minimum Gasteiger partial charge on any atom is -0.325 e. The Morgan fingerprint density at radius 1 is 1.22 bits per heavy atom. The topological polar surface area (TPSA) is 45.2 Å². The summed E-state index contributed by atoms with van der Waals surface area (Å²) in [5.74, 6) is 0.630. The van der Waals surface area contributed by atoms with Crippen LogP contribution in [0.3, 0.4) is 0 Å². The number of benzene rings is 1. The van der Waals surface area contributed by atoms with Gasteiger partial charge in [0.05, 0.1) is 5.69 Å². The Kier molecular flexibility index (Phi) is 4.96. The van der Waals surface area contributed by atoms with Gasteiger partial charge in [-0.25, -0.2) is 9.78 Å². The number of nitrogens with one attached hydrogen (secondary N) is 1. The van der Waals surface area contributed by atoms with Gasteiger partial charge in [-0.2, -0.15) is 0 Å². The Bertz CT molecular complexity index is 647. The number of nitrogens with zero attached hydrogens (tertiary/aromatic N) is 2. The predicted molar refractivity (Wildman–Crippen MR) is 95.1 cm³/mol. The van der Waals surface area contributed by atoms with Gasteiger partial charge in [-0.15, -0.1) is 11.3 Å². The summed E-state index contributed by atoms with van der Waals surface area (Å²) in [6.07, 6.45) is 4.39. The number of urea groups is 1. The molecule has 0 radical (unpaired) electrons. The first-order valence-electron chi connectivity index (χ1n) is 8.14. The molecule has 0 atom stereocenters. The van der Waals surface area contributed by atoms with Gasteiger partial charge < -0.3 is 4.90 Å². The second-order valence-electron chi connectivity index (χ2n) is 6.25. The summed E-state index contributed by atoms with van der Waals surface area (Å²) in [6, 6.07) is 11.0. The molecule has 1 saturated carbocycles. The third-order valence-electron chi connectivity index (χ3n) is 4.67. The predicted octanol–water partition coefficient (Wildman–Crippen LogP) is 4.64. The van der Waals surface area contributed by atoms with Gasteiger partial charge in [0.15, 0.2) is 5.13 Å². The number of anilines is 1. The van der Waals surface area contributed by atoms with Gasteiger partial charge in [0.25, 0.3) is 0 Å². The van der Waals surface area contributed by atoms with E-state index in [1.165, 1.54) is 16.9 Å². The molecule has 122 valence electrons. The Morgan fingerprint density at radius 2 is 1.91 bits per heavy atom. The quantitative estimate of drug-likeness (QED) is 0.891. The van der Waals surface area contributed by atoms with Crippen molar-refractivity contribution in [3.63, 3.8) is 0 Å². The van der Waals surface area contributed by atoms with E-state index < -0.39 is 0 Å². The van der Waals surface area contributed by atoms with Crippen LogP contribution in [0.25, 0.3) is 0 Å². The monoisotopic (exact) mass is 329 g/mol. The molecule has 5 heteroatoms. The number of rotatable bonds is 3. The van der Waals surface area contributed by atoms with Crippen LogP contribution in [0, 0.1) is 6.92 Å². The highest BCUT2D eigenvalue weighted by atomic mass is 32.1. The molecule has 4 nitrogen and oxygen atoms in total. The number of carbonyl (C=O) groups is 1. The summed E-state index contributed by atoms with van der Waals surface area (Å²) in [5.41, 5.74) is 2.37. The van der Waals surface area contributed by atoms with Crippen molar-refractivity contribution in [2.75, 3.05) is 12.4 Å². The molecule has 23 heavy (non-hydrogen) atoms. The van der Waals surface area contributed by atoms with Gasteiger partial charge in [-0.05, 0) is 44.1 Å². The van der Waals surface area contributed by atoms with E-state index in [9.17, 15) is 4.79 Å². The second kappa shape index (κ2) is 7.13. The molecule has 2 aromatic rings. The van der Waals surface area contributed by atoms with E-state index in [-0.39, 0.29) is 6.03 Å². The average molecular weight is 329 g/mol. The summed E-state index contributed by atoms with van der Waals surface area (Å²) < 4.78 is 0. The van der Waals surface area contributed by atoms with Crippen LogP contribution in [-0.4, -0.2) is 29.0 Å². The Hall–Kier alpha value is -1.88. The van der Waals surface area contributed by atoms with E-state index in [1.807, 2.05) is 24.3 Å². The smallest absolute Gasteiger partial charge is 0.323 e. The molecule has 0 aliphatic heterocycles. The van der Waals surface area contributed by atoms with Crippen LogP contribution in [0.5, 0.6) is 0 Å². The number of aromatic nitrogens is 1. The minimum atomic E-state index is -0.0532. The molecule has 0 bridgehead atoms. The Labute approximate surface area is 141 Å². The van der Waals surface area contributed by atoms with E-state index in [1.54, 1.807) is 0 Å². The highest BCUT2D eigenvalue weighted by Gasteiger charge is 2.27. The molecule has 0 spiro atoms. The molecule has 1 heterocycles. The maximum absolute atomic E-state index is 12.4. The highest BCUT2D eigenvalue weighted by molar-refractivity contribution is 7.13. The molecule has 0 saturated heterocycles. The highest BCUT2D eigenvalue weighted by Crippen LogP contribution is 2.34. The summed E-state index contributed by atoms with van der Waals surface area (Å²) >= 11 is 1.47. The SMILES string of the molecule is Cc1csc(NC(=O)N(C)C2CCC(c3ccccc3)CC2)n1. The summed E-state index contributed by atoms with van der Waals surface area (Å²) in [6.45, 7) is 1.93. The molecule has 1 N–H and O–H groups in total. The lowest BCUT2D eigenvalue weighted by molar-refractivity contribution is 0.181. The standard InChI is InChI=1S/C18H23N3OS/c1-13-12-23-17(19-13)20-18(22)21(2)16-10-8-15(9-11-16)14-6-4-3-5-7-14/h3-7,12,15-16H,8-11H2,1-2H3,(H,19,20,22). The van der Waals surface area contributed by atoms with E-state index >= 15 is 0 Å². The van der Waals surface area contributed by atoms with E-state index in [4.69, 9.17) is 0 Å². The first-order valence-corrected chi connectivity index (χ1v) is 9.02. The third-order valence-corrected chi connectivity index (χ3v) is 5.54. The Balaban J connectivity index is 1.53. The fraction of sp³-hybridized carbons (Fsp3) is 0.444. The molecule has 0 unspecified atom stereocenters. The lowest BCUT2D eigenvalue weighted by Gasteiger charge is -2.34. The number of carbonyl (C=O) groups excluding carboxylic acids is 1. The van der Waals surface area contributed by atoms with Crippen LogP contribution in [0.2, 0.25) is 0 Å². The third kappa shape index (κ3) is 3.91. The lowest BCUT2D eigenvalue weighted by atomic mass is 9.81. The van der Waals surface area contributed by atoms with Gasteiger partial charge in [0, 0.05) is 18.5 Å². The molecule has 2 amide bonds. The van der Waals surface area contributed by atoms with Gasteiger partial charge in [0.2, 0.25) is 0 Å². The molecule has 1 aliphatic carbocycles. The maximum Gasteiger partial charge on any atom is 0.323 e. The molecule has 3 rings (SSSR count). The molecule has 1 aromatic carbocycles. The molecular weight excluding hydrogens is 306 g/mol. The number of hydrogen-bond acceptors (Lipinski definition) is 3. The zero-order valence-corrected chi connectivity index (χ0v) is 14.5. The van der Waals surface area contributed by atoms with E-state index in [0.717, 1.165) is 31.4 Å². The van der Waals surface area contributed by atoms with Crippen molar-refractivity contribution in [3.8, 4) is 0 Å².